The van der Waals surface area contributed by atoms with E-state index in [1.165, 1.54) is 75.6 Å². The number of hydrogen-bond acceptors (Lipinski definition) is 14. The molecule has 2 atom stereocenters. The summed E-state index contributed by atoms with van der Waals surface area (Å²) in [5, 5.41) is 16.1. The van der Waals surface area contributed by atoms with Crippen LogP contribution in [0.25, 0.3) is 17.2 Å². The molecule has 1 fully saturated rings. The Morgan fingerprint density at radius 2 is 1.52 bits per heavy atom. The van der Waals surface area contributed by atoms with Crippen LogP contribution in [0.2, 0.25) is 0 Å². The summed E-state index contributed by atoms with van der Waals surface area (Å²) in [5.41, 5.74) is 0.798. The lowest BCUT2D eigenvalue weighted by Crippen LogP contribution is -2.35. The Hall–Kier alpha value is -6.78. The van der Waals surface area contributed by atoms with Gasteiger partial charge in [0.25, 0.3) is 11.8 Å². The van der Waals surface area contributed by atoms with Crippen LogP contribution in [0.3, 0.4) is 0 Å². The molecule has 0 saturated heterocycles. The quantitative estimate of drug-likeness (QED) is 0.0401. The molecule has 0 aliphatic heterocycles. The number of amides is 3. The van der Waals surface area contributed by atoms with Crippen molar-refractivity contribution in [2.24, 2.45) is 11.8 Å². The van der Waals surface area contributed by atoms with Crippen LogP contribution >= 0.6 is 0 Å². The predicted octanol–water partition coefficient (Wildman–Crippen LogP) is 6.45. The molecule has 2 aromatic carbocycles. The van der Waals surface area contributed by atoms with Gasteiger partial charge in [-0.2, -0.15) is 0 Å². The van der Waals surface area contributed by atoms with Gasteiger partial charge in [-0.3, -0.25) is 25.1 Å². The zero-order valence-corrected chi connectivity index (χ0v) is 33.3. The van der Waals surface area contributed by atoms with Crippen molar-refractivity contribution in [1.82, 2.24) is 15.6 Å². The van der Waals surface area contributed by atoms with Crippen LogP contribution in [0.5, 0.6) is 5.75 Å². The number of pyridine rings is 1. The average Bonchev–Trinajstić information content (AvgIpc) is 4.00. The molecule has 4 N–H and O–H groups in total. The van der Waals surface area contributed by atoms with E-state index < -0.39 is 60.6 Å². The molecule has 1 heterocycles. The predicted molar refractivity (Wildman–Crippen MR) is 210 cm³/mol. The molecule has 3 amide bonds. The molecule has 0 spiro atoms. The largest absolute Gasteiger partial charge is 0.511 e. The Labute approximate surface area is 335 Å². The van der Waals surface area contributed by atoms with Crippen LogP contribution in [-0.4, -0.2) is 79.2 Å². The van der Waals surface area contributed by atoms with E-state index in [9.17, 15) is 28.8 Å². The minimum Gasteiger partial charge on any atom is -0.496 e. The van der Waals surface area contributed by atoms with Crippen LogP contribution in [0.15, 0.2) is 55.1 Å². The number of ether oxygens (including phenoxy) is 6. The highest BCUT2D eigenvalue weighted by atomic mass is 16.8. The Balaban J connectivity index is 1.63. The summed E-state index contributed by atoms with van der Waals surface area (Å²) < 4.78 is 31.0. The fourth-order valence-electron chi connectivity index (χ4n) is 5.13. The van der Waals surface area contributed by atoms with Gasteiger partial charge in [0.15, 0.2) is 5.69 Å². The highest BCUT2D eigenvalue weighted by molar-refractivity contribution is 6.11. The number of carbonyl (C=O) groups is 6. The van der Waals surface area contributed by atoms with E-state index in [1.54, 1.807) is 27.7 Å². The van der Waals surface area contributed by atoms with Crippen molar-refractivity contribution < 1.29 is 57.2 Å². The lowest BCUT2D eigenvalue weighted by molar-refractivity contribution is -0.168. The number of rotatable bonds is 16. The van der Waals surface area contributed by atoms with Crippen LogP contribution < -0.4 is 20.7 Å². The van der Waals surface area contributed by atoms with Gasteiger partial charge in [-0.05, 0) is 81.1 Å². The molecule has 17 nitrogen and oxygen atoms in total. The van der Waals surface area contributed by atoms with E-state index in [4.69, 9.17) is 33.8 Å². The first kappa shape index (κ1) is 43.9. The molecule has 0 bridgehead atoms. The summed E-state index contributed by atoms with van der Waals surface area (Å²) in [6.07, 6.45) is -1.73. The zero-order chi connectivity index (χ0) is 42.7. The number of nitrogens with one attached hydrogen (secondary N) is 4. The number of hydrogen-bond donors (Lipinski definition) is 4. The van der Waals surface area contributed by atoms with Gasteiger partial charge in [0, 0.05) is 53.9 Å². The van der Waals surface area contributed by atoms with Gasteiger partial charge < -0.3 is 39.1 Å². The SMILES string of the molecule is C=Cc1cc(C(=O)Nc2ccc(C(=N)NC(=O)OC(C)OC(=O)C(C)C)cc2)c(-c2ccc(C(=O)NCC3CC3)nc2C(=O)OC(C)OC(=O)OC(C)C)cc1OC. The van der Waals surface area contributed by atoms with Crippen molar-refractivity contribution in [1.29, 1.82) is 5.41 Å². The molecule has 1 aliphatic carbocycles. The highest BCUT2D eigenvalue weighted by Crippen LogP contribution is 2.35. The second-order valence-corrected chi connectivity index (χ2v) is 13.7. The molecule has 0 radical (unpaired) electrons. The van der Waals surface area contributed by atoms with E-state index >= 15 is 0 Å². The molecule has 1 saturated carbocycles. The number of esters is 2. The number of aromatic nitrogens is 1. The maximum Gasteiger partial charge on any atom is 0.511 e. The topological polar surface area (TPSA) is 231 Å². The Bertz CT molecular complexity index is 2060. The Morgan fingerprint density at radius 1 is 0.845 bits per heavy atom. The second-order valence-electron chi connectivity index (χ2n) is 13.7. The monoisotopic (exact) mass is 801 g/mol. The van der Waals surface area contributed by atoms with E-state index in [1.807, 2.05) is 0 Å². The third-order valence-corrected chi connectivity index (χ3v) is 8.25. The van der Waals surface area contributed by atoms with Crippen LogP contribution in [0.4, 0.5) is 15.3 Å². The molecule has 4 rings (SSSR count). The van der Waals surface area contributed by atoms with Crippen molar-refractivity contribution in [3.05, 3.63) is 83.2 Å². The van der Waals surface area contributed by atoms with Gasteiger partial charge >= 0.3 is 24.2 Å². The first-order valence-corrected chi connectivity index (χ1v) is 18.4. The molecule has 1 aromatic heterocycles. The van der Waals surface area contributed by atoms with E-state index in [2.05, 4.69) is 27.5 Å². The van der Waals surface area contributed by atoms with E-state index in [0.29, 0.717) is 29.5 Å². The number of amidine groups is 1. The van der Waals surface area contributed by atoms with Gasteiger partial charge in [-0.1, -0.05) is 26.5 Å². The smallest absolute Gasteiger partial charge is 0.496 e. The van der Waals surface area contributed by atoms with Gasteiger partial charge in [0.1, 0.15) is 17.3 Å². The van der Waals surface area contributed by atoms with Crippen molar-refractivity contribution in [2.45, 2.75) is 73.1 Å². The molecule has 2 unspecified atom stereocenters. The van der Waals surface area contributed by atoms with Crippen molar-refractivity contribution in [2.75, 3.05) is 19.0 Å². The van der Waals surface area contributed by atoms with E-state index in [-0.39, 0.29) is 39.5 Å². The first-order chi connectivity index (χ1) is 27.5. The normalized spacial score (nSPS) is 13.0. The van der Waals surface area contributed by atoms with Gasteiger partial charge in [-0.25, -0.2) is 19.4 Å². The van der Waals surface area contributed by atoms with Crippen LogP contribution in [0.1, 0.15) is 96.8 Å². The third-order valence-electron chi connectivity index (χ3n) is 8.25. The number of methoxy groups -OCH3 is 1. The van der Waals surface area contributed by atoms with Gasteiger partial charge in [-0.15, -0.1) is 0 Å². The lowest BCUT2D eigenvalue weighted by Gasteiger charge is -2.19. The van der Waals surface area contributed by atoms with Crippen molar-refractivity contribution >= 4 is 53.6 Å². The number of benzene rings is 2. The van der Waals surface area contributed by atoms with E-state index in [0.717, 1.165) is 12.8 Å². The van der Waals surface area contributed by atoms with Crippen molar-refractivity contribution in [3.63, 3.8) is 0 Å². The minimum absolute atomic E-state index is 0.0378. The number of nitrogens with zero attached hydrogens (tertiary/aromatic N) is 1. The summed E-state index contributed by atoms with van der Waals surface area (Å²) in [7, 11) is 1.41. The number of alkyl carbamates (subject to hydrolysis) is 1. The molecule has 1 aliphatic rings. The third kappa shape index (κ3) is 12.4. The fourth-order valence-corrected chi connectivity index (χ4v) is 5.13. The van der Waals surface area contributed by atoms with Crippen LogP contribution in [-0.2, 0) is 28.5 Å². The van der Waals surface area contributed by atoms with Crippen LogP contribution in [0, 0.1) is 17.2 Å². The second kappa shape index (κ2) is 19.9. The Morgan fingerprint density at radius 3 is 2.12 bits per heavy atom. The maximum atomic E-state index is 14.0. The van der Waals surface area contributed by atoms with Gasteiger partial charge in [0.05, 0.1) is 19.1 Å². The molecule has 308 valence electrons. The first-order valence-electron chi connectivity index (χ1n) is 18.4. The fraction of sp³-hybridized carbons (Fsp3) is 0.366. The molecule has 3 aromatic rings. The lowest BCUT2D eigenvalue weighted by atomic mass is 9.94. The molecular formula is C41H47N5O12. The number of anilines is 1. The van der Waals surface area contributed by atoms with Crippen molar-refractivity contribution in [3.8, 4) is 16.9 Å². The summed E-state index contributed by atoms with van der Waals surface area (Å²) >= 11 is 0. The summed E-state index contributed by atoms with van der Waals surface area (Å²) in [4.78, 5) is 81.4. The maximum absolute atomic E-state index is 14.0. The zero-order valence-electron chi connectivity index (χ0n) is 33.3. The molecule has 17 heteroatoms. The highest BCUT2D eigenvalue weighted by Gasteiger charge is 2.28. The summed E-state index contributed by atoms with van der Waals surface area (Å²) in [5.74, 6) is -2.89. The molecular weight excluding hydrogens is 754 g/mol. The minimum atomic E-state index is -1.43. The Kier molecular flexibility index (Phi) is 15.1. The summed E-state index contributed by atoms with van der Waals surface area (Å²) in [6.45, 7) is 13.4. The average molecular weight is 802 g/mol. The summed E-state index contributed by atoms with van der Waals surface area (Å²) in [6, 6.07) is 11.8. The molecule has 58 heavy (non-hydrogen) atoms. The number of carbonyl (C=O) groups excluding carboxylic acids is 6. The standard InChI is InChI=1S/C41H47N5O12/c1-9-26-18-31(36(47)44-28-14-12-27(13-15-28)35(42)46-40(51)57-23(6)55-38(49)21(2)3)30(19-33(26)53-8)29-16-17-32(37(48)43-20-25-10-11-25)45-34(29)39(50)56-24(7)58-41(52)54-22(4)5/h9,12-19,21-25H,1,10-11,20H2,2-8H3,(H,43,48)(H,44,47)(H2,42,46,51). The van der Waals surface area contributed by atoms with Gasteiger partial charge in [0.2, 0.25) is 12.6 Å².